The van der Waals surface area contributed by atoms with Crippen LogP contribution >= 0.6 is 11.6 Å². The maximum Gasteiger partial charge on any atom is 0.226 e. The summed E-state index contributed by atoms with van der Waals surface area (Å²) in [6, 6.07) is 1.85. The fourth-order valence-corrected chi connectivity index (χ4v) is 2.73. The first-order valence-electron chi connectivity index (χ1n) is 6.95. The van der Waals surface area contributed by atoms with Crippen molar-refractivity contribution in [1.29, 1.82) is 0 Å². The Morgan fingerprint density at radius 2 is 2.21 bits per heavy atom. The fourth-order valence-electron chi connectivity index (χ4n) is 2.36. The van der Waals surface area contributed by atoms with Crippen LogP contribution in [0.4, 0.5) is 5.95 Å². The van der Waals surface area contributed by atoms with Crippen molar-refractivity contribution in [1.82, 2.24) is 9.97 Å². The Bertz CT molecular complexity index is 425. The van der Waals surface area contributed by atoms with E-state index in [4.69, 9.17) is 16.3 Å². The van der Waals surface area contributed by atoms with Gasteiger partial charge in [-0.3, -0.25) is 0 Å². The zero-order valence-corrected chi connectivity index (χ0v) is 12.6. The van der Waals surface area contributed by atoms with E-state index in [2.05, 4.69) is 15.3 Å². The largest absolute Gasteiger partial charge is 0.475 e. The van der Waals surface area contributed by atoms with Crippen molar-refractivity contribution >= 4 is 17.5 Å². The molecule has 1 aromatic heterocycles. The quantitative estimate of drug-likeness (QED) is 0.842. The van der Waals surface area contributed by atoms with Gasteiger partial charge in [0, 0.05) is 23.7 Å². The highest BCUT2D eigenvalue weighted by atomic mass is 35.5. The van der Waals surface area contributed by atoms with Gasteiger partial charge in [0.1, 0.15) is 0 Å². The highest BCUT2D eigenvalue weighted by molar-refractivity contribution is 6.20. The van der Waals surface area contributed by atoms with Crippen molar-refractivity contribution in [2.45, 2.75) is 51.5 Å². The van der Waals surface area contributed by atoms with Crippen molar-refractivity contribution in [3.63, 3.8) is 0 Å². The van der Waals surface area contributed by atoms with Crippen LogP contribution in [0.25, 0.3) is 0 Å². The van der Waals surface area contributed by atoms with E-state index in [1.165, 1.54) is 12.8 Å². The molecular weight excluding hydrogens is 262 g/mol. The van der Waals surface area contributed by atoms with Gasteiger partial charge in [0.2, 0.25) is 11.8 Å². The second-order valence-electron chi connectivity index (χ2n) is 5.43. The summed E-state index contributed by atoms with van der Waals surface area (Å²) in [6.07, 6.45) is 3.63. The number of halogens is 1. The van der Waals surface area contributed by atoms with Crippen molar-refractivity contribution in [2.24, 2.45) is 5.92 Å². The maximum atomic E-state index is 6.27. The number of hydrogen-bond donors (Lipinski definition) is 1. The standard InChI is InChI=1S/C14H22ClN3O/c1-9(2)19-13-7-10(3)17-14(18-13)16-8-11-5-4-6-12(11)15/h7,9,11-12H,4-6,8H2,1-3H3,(H,16,17,18). The van der Waals surface area contributed by atoms with Crippen molar-refractivity contribution in [2.75, 3.05) is 11.9 Å². The molecule has 0 radical (unpaired) electrons. The summed E-state index contributed by atoms with van der Waals surface area (Å²) < 4.78 is 5.61. The summed E-state index contributed by atoms with van der Waals surface area (Å²) in [5.74, 6) is 1.77. The highest BCUT2D eigenvalue weighted by Gasteiger charge is 2.25. The first-order chi connectivity index (χ1) is 9.04. The molecule has 2 unspecified atom stereocenters. The summed E-state index contributed by atoms with van der Waals surface area (Å²) in [5.41, 5.74) is 0.905. The van der Waals surface area contributed by atoms with E-state index >= 15 is 0 Å². The predicted octanol–water partition coefficient (Wildman–Crippen LogP) is 3.39. The van der Waals surface area contributed by atoms with Gasteiger partial charge in [-0.2, -0.15) is 4.98 Å². The summed E-state index contributed by atoms with van der Waals surface area (Å²) in [6.45, 7) is 6.75. The zero-order chi connectivity index (χ0) is 13.8. The molecule has 2 rings (SSSR count). The molecule has 1 heterocycles. The van der Waals surface area contributed by atoms with Crippen LogP contribution in [0.5, 0.6) is 5.88 Å². The molecule has 0 saturated heterocycles. The van der Waals surface area contributed by atoms with Crippen LogP contribution in [-0.2, 0) is 0 Å². The first kappa shape index (κ1) is 14.4. The molecule has 1 aromatic rings. The molecule has 0 spiro atoms. The van der Waals surface area contributed by atoms with Gasteiger partial charge in [0.05, 0.1) is 6.10 Å². The van der Waals surface area contributed by atoms with Crippen LogP contribution in [0.2, 0.25) is 0 Å². The molecule has 0 aliphatic heterocycles. The van der Waals surface area contributed by atoms with Gasteiger partial charge in [-0.05, 0) is 39.5 Å². The molecule has 1 fully saturated rings. The molecule has 4 nitrogen and oxygen atoms in total. The van der Waals surface area contributed by atoms with E-state index in [9.17, 15) is 0 Å². The second-order valence-corrected chi connectivity index (χ2v) is 5.99. The third kappa shape index (κ3) is 4.23. The number of hydrogen-bond acceptors (Lipinski definition) is 4. The third-order valence-electron chi connectivity index (χ3n) is 3.28. The topological polar surface area (TPSA) is 47.0 Å². The summed E-state index contributed by atoms with van der Waals surface area (Å²) in [5, 5.41) is 3.57. The van der Waals surface area contributed by atoms with Crippen molar-refractivity contribution in [3.8, 4) is 5.88 Å². The Labute approximate surface area is 119 Å². The summed E-state index contributed by atoms with van der Waals surface area (Å²) >= 11 is 6.27. The Morgan fingerprint density at radius 1 is 1.42 bits per heavy atom. The number of aryl methyl sites for hydroxylation is 1. The molecule has 0 aromatic carbocycles. The van der Waals surface area contributed by atoms with Gasteiger partial charge in [0.15, 0.2) is 0 Å². The Kier molecular flexibility index (Phi) is 4.86. The normalized spacial score (nSPS) is 22.8. The lowest BCUT2D eigenvalue weighted by molar-refractivity contribution is 0.232. The third-order valence-corrected chi connectivity index (χ3v) is 3.85. The van der Waals surface area contributed by atoms with Gasteiger partial charge in [-0.15, -0.1) is 11.6 Å². The minimum Gasteiger partial charge on any atom is -0.475 e. The average molecular weight is 284 g/mol. The van der Waals surface area contributed by atoms with E-state index in [1.807, 2.05) is 26.8 Å². The van der Waals surface area contributed by atoms with Gasteiger partial charge in [-0.25, -0.2) is 4.98 Å². The van der Waals surface area contributed by atoms with Crippen LogP contribution in [0.1, 0.15) is 38.8 Å². The Balaban J connectivity index is 1.97. The first-order valence-corrected chi connectivity index (χ1v) is 7.38. The average Bonchev–Trinajstić information content (AvgIpc) is 2.70. The van der Waals surface area contributed by atoms with Crippen LogP contribution in [-0.4, -0.2) is 28.0 Å². The summed E-state index contributed by atoms with van der Waals surface area (Å²) in [7, 11) is 0. The van der Waals surface area contributed by atoms with Crippen LogP contribution in [0.15, 0.2) is 6.07 Å². The van der Waals surface area contributed by atoms with E-state index in [1.54, 1.807) is 0 Å². The van der Waals surface area contributed by atoms with E-state index < -0.39 is 0 Å². The Hall–Kier alpha value is -1.03. The van der Waals surface area contributed by atoms with Crippen LogP contribution in [0.3, 0.4) is 0 Å². The molecule has 1 aliphatic carbocycles. The number of nitrogens with one attached hydrogen (secondary N) is 1. The maximum absolute atomic E-state index is 6.27. The monoisotopic (exact) mass is 283 g/mol. The van der Waals surface area contributed by atoms with Gasteiger partial charge in [0.25, 0.3) is 0 Å². The number of anilines is 1. The molecule has 19 heavy (non-hydrogen) atoms. The zero-order valence-electron chi connectivity index (χ0n) is 11.8. The fraction of sp³-hybridized carbons (Fsp3) is 0.714. The molecule has 5 heteroatoms. The minimum atomic E-state index is 0.115. The number of ether oxygens (including phenoxy) is 1. The molecular formula is C14H22ClN3O. The number of nitrogens with zero attached hydrogens (tertiary/aromatic N) is 2. The lowest BCUT2D eigenvalue weighted by atomic mass is 10.1. The summed E-state index contributed by atoms with van der Waals surface area (Å²) in [4.78, 5) is 8.75. The minimum absolute atomic E-state index is 0.115. The van der Waals surface area contributed by atoms with Crippen LogP contribution in [0, 0.1) is 12.8 Å². The molecule has 1 aliphatic rings. The number of rotatable bonds is 5. The molecule has 1 N–H and O–H groups in total. The SMILES string of the molecule is Cc1cc(OC(C)C)nc(NCC2CCCC2Cl)n1. The number of alkyl halides is 1. The van der Waals surface area contributed by atoms with Crippen molar-refractivity contribution < 1.29 is 4.74 Å². The second kappa shape index (κ2) is 6.42. The van der Waals surface area contributed by atoms with E-state index in [-0.39, 0.29) is 11.5 Å². The molecule has 2 atom stereocenters. The van der Waals surface area contributed by atoms with Gasteiger partial charge in [-0.1, -0.05) is 6.42 Å². The predicted molar refractivity (Wildman–Crippen MR) is 78.0 cm³/mol. The smallest absolute Gasteiger partial charge is 0.226 e. The van der Waals surface area contributed by atoms with E-state index in [0.717, 1.165) is 18.7 Å². The molecule has 0 amide bonds. The molecule has 0 bridgehead atoms. The lowest BCUT2D eigenvalue weighted by Gasteiger charge is -2.15. The highest BCUT2D eigenvalue weighted by Crippen LogP contribution is 2.30. The van der Waals surface area contributed by atoms with Gasteiger partial charge < -0.3 is 10.1 Å². The van der Waals surface area contributed by atoms with Crippen molar-refractivity contribution in [3.05, 3.63) is 11.8 Å². The molecule has 106 valence electrons. The molecule has 1 saturated carbocycles. The Morgan fingerprint density at radius 3 is 2.84 bits per heavy atom. The van der Waals surface area contributed by atoms with Crippen LogP contribution < -0.4 is 10.1 Å². The number of aromatic nitrogens is 2. The lowest BCUT2D eigenvalue weighted by Crippen LogP contribution is -2.20. The van der Waals surface area contributed by atoms with Gasteiger partial charge >= 0.3 is 0 Å². The van der Waals surface area contributed by atoms with E-state index in [0.29, 0.717) is 17.7 Å².